The summed E-state index contributed by atoms with van der Waals surface area (Å²) in [6.07, 6.45) is -5.51. The Morgan fingerprint density at radius 2 is 1.15 bits per heavy atom. The second kappa shape index (κ2) is 15.5. The molecular weight excluding hydrogens is 776 g/mol. The van der Waals surface area contributed by atoms with E-state index in [9.17, 15) is 26.3 Å². The Bertz CT molecular complexity index is 3280. The third kappa shape index (κ3) is 6.53. The number of rotatable bonds is 5. The molecule has 2 aliphatic rings. The van der Waals surface area contributed by atoms with Gasteiger partial charge in [0, 0.05) is 27.8 Å². The molecule has 7 rings (SSSR count). The van der Waals surface area contributed by atoms with E-state index in [0.29, 0.717) is 0 Å². The standard InChI is InChI=1S/C48H16F3N9O/c1-57-32-18-30(19-33(20-32)58-2)34(23-54)39-38(29-13-9-6-10-14-29)46(60-4)41-36(25-56)40-42(47(44(39)41)61-48(49,50)51)35(24-55)37(28-11-7-5-8-12-28)43(40)45(59-3)31-16-26(21-52)15-27(17-31)22-53/h5-20H/b39-34+,45-43-. The van der Waals surface area contributed by atoms with E-state index in [1.165, 1.54) is 60.7 Å². The highest BCUT2D eigenvalue weighted by Gasteiger charge is 2.46. The molecule has 280 valence electrons. The summed E-state index contributed by atoms with van der Waals surface area (Å²) in [6, 6.07) is 33.3. The Labute approximate surface area is 345 Å². The molecule has 0 saturated heterocycles. The van der Waals surface area contributed by atoms with Crippen LogP contribution in [0.5, 0.6) is 5.75 Å². The summed E-state index contributed by atoms with van der Waals surface area (Å²) in [4.78, 5) is 14.3. The highest BCUT2D eigenvalue weighted by Crippen LogP contribution is 2.62. The first-order chi connectivity index (χ1) is 29.5. The molecule has 61 heavy (non-hydrogen) atoms. The van der Waals surface area contributed by atoms with E-state index in [2.05, 4.69) is 25.4 Å². The van der Waals surface area contributed by atoms with Gasteiger partial charge in [0.05, 0.1) is 72.3 Å². The largest absolute Gasteiger partial charge is 0.573 e. The zero-order chi connectivity index (χ0) is 43.6. The molecule has 10 nitrogen and oxygen atoms in total. The van der Waals surface area contributed by atoms with E-state index in [0.717, 1.165) is 0 Å². The van der Waals surface area contributed by atoms with Crippen LogP contribution in [0.3, 0.4) is 0 Å². The van der Waals surface area contributed by atoms with Crippen molar-refractivity contribution >= 4 is 56.2 Å². The van der Waals surface area contributed by atoms with Gasteiger partial charge in [-0.2, -0.15) is 26.3 Å². The maximum absolute atomic E-state index is 15.1. The molecular formula is C48H16F3N9O. The molecule has 0 amide bonds. The molecule has 0 unspecified atom stereocenters. The first-order valence-electron chi connectivity index (χ1n) is 17.4. The van der Waals surface area contributed by atoms with Gasteiger partial charge in [-0.1, -0.05) is 78.9 Å². The number of fused-ring (bicyclic) bond motifs is 2. The quantitative estimate of drug-likeness (QED) is 0.128. The molecule has 0 N–H and O–H groups in total. The van der Waals surface area contributed by atoms with E-state index in [1.807, 2.05) is 24.3 Å². The fraction of sp³-hybridized carbons (Fsp3) is 0.0208. The molecule has 0 aliphatic heterocycles. The van der Waals surface area contributed by atoms with E-state index >= 15 is 13.2 Å². The topological polar surface area (TPSA) is 146 Å². The van der Waals surface area contributed by atoms with Crippen molar-refractivity contribution in [2.24, 2.45) is 0 Å². The number of nitriles is 5. The van der Waals surface area contributed by atoms with Gasteiger partial charge in [0.15, 0.2) is 11.4 Å². The summed E-state index contributed by atoms with van der Waals surface area (Å²) in [5, 5.41) is 52.9. The lowest BCUT2D eigenvalue weighted by molar-refractivity contribution is -0.274. The van der Waals surface area contributed by atoms with Crippen molar-refractivity contribution in [3.05, 3.63) is 204 Å². The molecule has 0 spiro atoms. The van der Waals surface area contributed by atoms with Gasteiger partial charge in [0.1, 0.15) is 17.9 Å². The van der Waals surface area contributed by atoms with Crippen LogP contribution in [0.1, 0.15) is 61.2 Å². The third-order valence-electron chi connectivity index (χ3n) is 9.73. The van der Waals surface area contributed by atoms with Crippen LogP contribution in [0.2, 0.25) is 0 Å². The van der Waals surface area contributed by atoms with Crippen molar-refractivity contribution < 1.29 is 17.9 Å². The summed E-state index contributed by atoms with van der Waals surface area (Å²) in [5.74, 6) is -1.06. The Kier molecular flexibility index (Phi) is 10.0. The van der Waals surface area contributed by atoms with Crippen molar-refractivity contribution in [2.75, 3.05) is 0 Å². The monoisotopic (exact) mass is 791 g/mol. The maximum Gasteiger partial charge on any atom is 0.573 e. The molecule has 0 bridgehead atoms. The van der Waals surface area contributed by atoms with Gasteiger partial charge in [0.25, 0.3) is 0 Å². The minimum Gasteiger partial charge on any atom is -0.404 e. The van der Waals surface area contributed by atoms with Crippen molar-refractivity contribution in [1.29, 1.82) is 26.3 Å². The Morgan fingerprint density at radius 3 is 1.61 bits per heavy atom. The van der Waals surface area contributed by atoms with Crippen LogP contribution >= 0.6 is 0 Å². The molecule has 2 aliphatic carbocycles. The van der Waals surface area contributed by atoms with E-state index < -0.39 is 39.9 Å². The van der Waals surface area contributed by atoms with Crippen molar-refractivity contribution in [3.8, 4) is 36.1 Å². The highest BCUT2D eigenvalue weighted by molar-refractivity contribution is 6.35. The molecule has 0 aromatic heterocycles. The van der Waals surface area contributed by atoms with Gasteiger partial charge in [-0.05, 0) is 57.2 Å². The lowest BCUT2D eigenvalue weighted by Crippen LogP contribution is -2.20. The fourth-order valence-corrected chi connectivity index (χ4v) is 7.55. The molecule has 0 radical (unpaired) electrons. The second-order valence-corrected chi connectivity index (χ2v) is 13.0. The van der Waals surface area contributed by atoms with Crippen LogP contribution in [0.15, 0.2) is 97.1 Å². The molecule has 5 aromatic rings. The molecule has 0 atom stereocenters. The third-order valence-corrected chi connectivity index (χ3v) is 9.73. The molecule has 0 saturated carbocycles. The lowest BCUT2D eigenvalue weighted by Gasteiger charge is -2.22. The normalized spacial score (nSPS) is 13.9. The lowest BCUT2D eigenvalue weighted by atomic mass is 9.84. The van der Waals surface area contributed by atoms with Crippen molar-refractivity contribution in [2.45, 2.75) is 6.36 Å². The fourth-order valence-electron chi connectivity index (χ4n) is 7.55. The first-order valence-corrected chi connectivity index (χ1v) is 17.4. The minimum atomic E-state index is -5.51. The molecule has 5 aromatic carbocycles. The summed E-state index contributed by atoms with van der Waals surface area (Å²) in [7, 11) is 0. The molecule has 13 heteroatoms. The predicted octanol–water partition coefficient (Wildman–Crippen LogP) is 11.8. The van der Waals surface area contributed by atoms with Gasteiger partial charge >= 0.3 is 6.36 Å². The number of alkyl halides is 3. The number of benzene rings is 5. The Hall–Kier alpha value is -9.94. The Balaban J connectivity index is 1.82. The number of ether oxygens (including phenoxy) is 1. The van der Waals surface area contributed by atoms with Crippen LogP contribution in [-0.4, -0.2) is 6.36 Å². The van der Waals surface area contributed by atoms with Crippen LogP contribution in [0.4, 0.5) is 24.5 Å². The number of hydrogen-bond donors (Lipinski definition) is 0. The molecule has 0 fully saturated rings. The average Bonchev–Trinajstić information content (AvgIpc) is 3.80. The summed E-state index contributed by atoms with van der Waals surface area (Å²) in [5.41, 5.74) is -4.50. The van der Waals surface area contributed by atoms with Gasteiger partial charge in [-0.3, -0.25) is 0 Å². The van der Waals surface area contributed by atoms with Crippen LogP contribution in [0, 0.1) is 82.9 Å². The van der Waals surface area contributed by atoms with E-state index in [4.69, 9.17) is 31.0 Å². The SMILES string of the molecule is [C-]#[N+]C1=C(c2ccccc2)/C(=C(/C#N)c2cc([N+]#[C-])cc([N+]#[C-])c2)c2c(OC(F)(F)F)c3c(c(C#N)c21)/C(=C(\[N+]#[C-])c1cc(C#N)cc(C#N)c1)C(c1ccccc1)=C3C#N. The zero-order valence-electron chi connectivity index (χ0n) is 30.8. The summed E-state index contributed by atoms with van der Waals surface area (Å²) in [6.45, 7) is 32.3. The Morgan fingerprint density at radius 1 is 0.574 bits per heavy atom. The zero-order valence-corrected chi connectivity index (χ0v) is 30.8. The number of allylic oxidation sites excluding steroid dienone is 6. The van der Waals surface area contributed by atoms with Gasteiger partial charge in [0.2, 0.25) is 11.4 Å². The summed E-state index contributed by atoms with van der Waals surface area (Å²) < 4.78 is 50.1. The number of nitrogens with zero attached hydrogens (tertiary/aromatic N) is 9. The van der Waals surface area contributed by atoms with E-state index in [-0.39, 0.29) is 89.6 Å². The van der Waals surface area contributed by atoms with Crippen LogP contribution < -0.4 is 4.74 Å². The second-order valence-electron chi connectivity index (χ2n) is 13.0. The van der Waals surface area contributed by atoms with Crippen LogP contribution in [0.25, 0.3) is 64.2 Å². The van der Waals surface area contributed by atoms with Crippen LogP contribution in [-0.2, 0) is 0 Å². The van der Waals surface area contributed by atoms with Crippen molar-refractivity contribution in [3.63, 3.8) is 0 Å². The van der Waals surface area contributed by atoms with Gasteiger partial charge in [-0.25, -0.2) is 19.4 Å². The van der Waals surface area contributed by atoms with Gasteiger partial charge in [-0.15, -0.1) is 13.2 Å². The maximum atomic E-state index is 15.1. The predicted molar refractivity (Wildman–Crippen MR) is 217 cm³/mol. The number of hydrogen-bond acceptors (Lipinski definition) is 6. The average molecular weight is 792 g/mol. The van der Waals surface area contributed by atoms with E-state index in [1.54, 1.807) is 36.4 Å². The van der Waals surface area contributed by atoms with Gasteiger partial charge < -0.3 is 4.74 Å². The highest BCUT2D eigenvalue weighted by atomic mass is 19.4. The smallest absolute Gasteiger partial charge is 0.404 e. The molecule has 0 heterocycles. The number of halogens is 3. The van der Waals surface area contributed by atoms with Crippen molar-refractivity contribution in [1.82, 2.24) is 0 Å². The first kappa shape index (κ1) is 39.3. The summed E-state index contributed by atoms with van der Waals surface area (Å²) >= 11 is 0. The minimum absolute atomic E-state index is 0.0320.